The molecule has 3 fully saturated rings. The Hall–Kier alpha value is -1.67. The van der Waals surface area contributed by atoms with E-state index in [9.17, 15) is 34.8 Å². The van der Waals surface area contributed by atoms with Crippen LogP contribution in [0.3, 0.4) is 0 Å². The molecule has 0 aromatic carbocycles. The average molecular weight is 517 g/mol. The predicted molar refractivity (Wildman–Crippen MR) is 138 cm³/mol. The van der Waals surface area contributed by atoms with Crippen molar-refractivity contribution in [3.63, 3.8) is 0 Å². The maximum atomic E-state index is 14.2. The number of fused-ring (bicyclic) bond motifs is 5. The molecule has 0 aromatic heterocycles. The first-order valence-corrected chi connectivity index (χ1v) is 13.5. The van der Waals surface area contributed by atoms with Gasteiger partial charge in [-0.15, -0.1) is 0 Å². The molecule has 9 atom stereocenters. The highest BCUT2D eigenvalue weighted by atomic mass is 16.3. The summed E-state index contributed by atoms with van der Waals surface area (Å²) < 4.78 is 0. The van der Waals surface area contributed by atoms with E-state index >= 15 is 0 Å². The summed E-state index contributed by atoms with van der Waals surface area (Å²) in [5, 5.41) is 43.7. The monoisotopic (exact) mass is 516 g/mol. The van der Waals surface area contributed by atoms with E-state index < -0.39 is 56.8 Å². The molecular weight excluding hydrogens is 472 g/mol. The highest BCUT2D eigenvalue weighted by Gasteiger charge is 2.74. The first-order valence-electron chi connectivity index (χ1n) is 13.5. The largest absolute Gasteiger partial charge is 0.393 e. The Bertz CT molecular complexity index is 1090. The normalized spacial score (nSPS) is 45.1. The second-order valence-corrected chi connectivity index (χ2v) is 14.3. The fourth-order valence-corrected chi connectivity index (χ4v) is 8.95. The Morgan fingerprint density at radius 2 is 1.62 bits per heavy atom. The lowest BCUT2D eigenvalue weighted by molar-refractivity contribution is -0.183. The third kappa shape index (κ3) is 3.71. The summed E-state index contributed by atoms with van der Waals surface area (Å²) >= 11 is 0. The van der Waals surface area contributed by atoms with Crippen LogP contribution in [0.25, 0.3) is 0 Å². The molecule has 4 aliphatic rings. The Kier molecular flexibility index (Phi) is 6.26. The van der Waals surface area contributed by atoms with E-state index in [2.05, 4.69) is 13.0 Å². The Morgan fingerprint density at radius 3 is 2.19 bits per heavy atom. The van der Waals surface area contributed by atoms with Crippen LogP contribution < -0.4 is 0 Å². The highest BCUT2D eigenvalue weighted by molar-refractivity contribution is 5.97. The molecule has 7 nitrogen and oxygen atoms in total. The number of carbonyl (C=O) groups is 3. The lowest BCUT2D eigenvalue weighted by atomic mass is 9.38. The molecule has 0 aliphatic heterocycles. The molecule has 4 N–H and O–H groups in total. The smallest absolute Gasteiger partial charge is 0.187 e. The van der Waals surface area contributed by atoms with Gasteiger partial charge in [0.15, 0.2) is 11.6 Å². The summed E-state index contributed by atoms with van der Waals surface area (Å²) in [5.41, 5.74) is -5.36. The van der Waals surface area contributed by atoms with Gasteiger partial charge in [-0.25, -0.2) is 0 Å². The second-order valence-electron chi connectivity index (χ2n) is 14.3. The minimum atomic E-state index is -1.95. The van der Waals surface area contributed by atoms with Crippen molar-refractivity contribution < 1.29 is 34.8 Å². The molecule has 0 amide bonds. The summed E-state index contributed by atoms with van der Waals surface area (Å²) in [4.78, 5) is 40.3. The maximum absolute atomic E-state index is 14.2. The fraction of sp³-hybridized carbons (Fsp3) is 0.767. The van der Waals surface area contributed by atoms with Gasteiger partial charge in [0.2, 0.25) is 0 Å². The number of hydrogen-bond donors (Lipinski definition) is 4. The van der Waals surface area contributed by atoms with Gasteiger partial charge in [-0.3, -0.25) is 14.4 Å². The van der Waals surface area contributed by atoms with Crippen LogP contribution in [-0.4, -0.2) is 61.2 Å². The first kappa shape index (κ1) is 28.3. The lowest BCUT2D eigenvalue weighted by Crippen LogP contribution is -2.65. The van der Waals surface area contributed by atoms with Gasteiger partial charge in [0.05, 0.1) is 11.7 Å². The molecule has 206 valence electrons. The number of allylic oxidation sites excluding steroid dienone is 1. The van der Waals surface area contributed by atoms with Crippen molar-refractivity contribution in [2.45, 2.75) is 104 Å². The van der Waals surface area contributed by atoms with E-state index in [1.165, 1.54) is 26.8 Å². The van der Waals surface area contributed by atoms with Gasteiger partial charge in [0.25, 0.3) is 0 Å². The van der Waals surface area contributed by atoms with Gasteiger partial charge in [0, 0.05) is 29.6 Å². The van der Waals surface area contributed by atoms with Gasteiger partial charge in [-0.2, -0.15) is 0 Å². The van der Waals surface area contributed by atoms with Crippen LogP contribution in [0.1, 0.15) is 81.1 Å². The van der Waals surface area contributed by atoms with Crippen molar-refractivity contribution in [3.8, 4) is 0 Å². The highest BCUT2D eigenvalue weighted by Crippen LogP contribution is 2.74. The minimum absolute atomic E-state index is 0.0255. The van der Waals surface area contributed by atoms with Gasteiger partial charge in [0.1, 0.15) is 17.5 Å². The van der Waals surface area contributed by atoms with Crippen LogP contribution in [0.15, 0.2) is 23.8 Å². The molecule has 0 radical (unpaired) electrons. The average Bonchev–Trinajstić information content (AvgIpc) is 2.96. The van der Waals surface area contributed by atoms with E-state index in [4.69, 9.17) is 0 Å². The molecule has 0 saturated heterocycles. The van der Waals surface area contributed by atoms with E-state index in [0.29, 0.717) is 12.8 Å². The molecule has 3 saturated carbocycles. The van der Waals surface area contributed by atoms with Crippen LogP contribution in [0.2, 0.25) is 0 Å². The molecule has 37 heavy (non-hydrogen) atoms. The number of hydrogen-bond acceptors (Lipinski definition) is 7. The first-order chi connectivity index (χ1) is 16.7. The summed E-state index contributed by atoms with van der Waals surface area (Å²) in [6.07, 6.45) is 3.49. The number of carbonyl (C=O) groups excluding carboxylic acids is 3. The number of Topliss-reactive ketones (excluding diaryl/α,β-unsaturated/α-hetero) is 2. The summed E-state index contributed by atoms with van der Waals surface area (Å²) in [5.74, 6) is -2.34. The van der Waals surface area contributed by atoms with Crippen molar-refractivity contribution >= 4 is 17.3 Å². The van der Waals surface area contributed by atoms with Gasteiger partial charge < -0.3 is 20.4 Å². The quantitative estimate of drug-likeness (QED) is 0.334. The Morgan fingerprint density at radius 1 is 1.03 bits per heavy atom. The SMILES string of the molecule is CC(C)(O)/C=C/C(=O)[C@@](C)(O)[C@H]1[C@H](O)C[C@@]2(C)[C@@H]3CC=C4[C@@H](CC(=O)[C@H](O)C4(C)C)[C@]3(C)C(=O)C[C@]12C. The minimum Gasteiger partial charge on any atom is -0.393 e. The summed E-state index contributed by atoms with van der Waals surface area (Å²) in [7, 11) is 0. The van der Waals surface area contributed by atoms with Crippen molar-refractivity contribution in [1.82, 2.24) is 0 Å². The lowest BCUT2D eigenvalue weighted by Gasteiger charge is -2.64. The Labute approximate surface area is 220 Å². The zero-order chi connectivity index (χ0) is 28.1. The summed E-state index contributed by atoms with van der Waals surface area (Å²) in [6.45, 7) is 14.1. The zero-order valence-corrected chi connectivity index (χ0v) is 23.5. The van der Waals surface area contributed by atoms with Crippen molar-refractivity contribution in [3.05, 3.63) is 23.8 Å². The molecule has 0 spiro atoms. The third-order valence-electron chi connectivity index (χ3n) is 11.2. The van der Waals surface area contributed by atoms with Gasteiger partial charge in [-0.1, -0.05) is 52.3 Å². The van der Waals surface area contributed by atoms with E-state index in [1.54, 1.807) is 0 Å². The number of aliphatic hydroxyl groups excluding tert-OH is 2. The molecule has 0 bridgehead atoms. The van der Waals surface area contributed by atoms with Crippen LogP contribution in [0, 0.1) is 39.4 Å². The molecule has 0 aromatic rings. The second kappa shape index (κ2) is 8.17. The van der Waals surface area contributed by atoms with Crippen LogP contribution in [0.4, 0.5) is 0 Å². The van der Waals surface area contributed by atoms with Gasteiger partial charge >= 0.3 is 0 Å². The van der Waals surface area contributed by atoms with Crippen LogP contribution >= 0.6 is 0 Å². The third-order valence-corrected chi connectivity index (χ3v) is 11.2. The molecular formula is C30H44O7. The number of rotatable bonds is 4. The number of ketones is 3. The van der Waals surface area contributed by atoms with Crippen molar-refractivity contribution in [2.75, 3.05) is 0 Å². The van der Waals surface area contributed by atoms with E-state index in [-0.39, 0.29) is 36.2 Å². The van der Waals surface area contributed by atoms with Crippen molar-refractivity contribution in [1.29, 1.82) is 0 Å². The van der Waals surface area contributed by atoms with Crippen molar-refractivity contribution in [2.24, 2.45) is 39.4 Å². The summed E-state index contributed by atoms with van der Waals surface area (Å²) in [6, 6.07) is 0. The van der Waals surface area contributed by atoms with Crippen LogP contribution in [-0.2, 0) is 14.4 Å². The zero-order valence-electron chi connectivity index (χ0n) is 23.5. The van der Waals surface area contributed by atoms with Crippen LogP contribution in [0.5, 0.6) is 0 Å². The Balaban J connectivity index is 1.80. The fourth-order valence-electron chi connectivity index (χ4n) is 8.95. The number of aliphatic hydroxyl groups is 4. The predicted octanol–water partition coefficient (Wildman–Crippen LogP) is 2.93. The molecule has 4 rings (SSSR count). The van der Waals surface area contributed by atoms with E-state index in [0.717, 1.165) is 11.6 Å². The maximum Gasteiger partial charge on any atom is 0.187 e. The molecule has 0 unspecified atom stereocenters. The molecule has 0 heterocycles. The molecule has 4 aliphatic carbocycles. The molecule has 7 heteroatoms. The van der Waals surface area contributed by atoms with E-state index in [1.807, 2.05) is 27.7 Å². The van der Waals surface area contributed by atoms with Gasteiger partial charge in [-0.05, 0) is 62.4 Å². The topological polar surface area (TPSA) is 132 Å². The standard InChI is InChI=1S/C30H44O7/c1-25(2,36)12-11-21(33)30(8,37)23-19(32)14-27(5)20-10-9-16-17(13-18(31)24(35)26(16,3)4)29(20,7)22(34)15-28(23,27)6/h9,11-12,17,19-20,23-24,32,35-37H,10,13-15H2,1-8H3/b12-11+/t17-,19-,20+,23+,24+,27+,28-,29+,30-/m1/s1.